The second-order valence-electron chi connectivity index (χ2n) is 6.38. The highest BCUT2D eigenvalue weighted by Gasteiger charge is 2.22. The fourth-order valence-electron chi connectivity index (χ4n) is 2.99. The molecule has 4 rings (SSSR count). The van der Waals surface area contributed by atoms with Gasteiger partial charge in [-0.3, -0.25) is 9.59 Å². The summed E-state index contributed by atoms with van der Waals surface area (Å²) in [6, 6.07) is 12.0. The van der Waals surface area contributed by atoms with Crippen molar-refractivity contribution in [2.45, 2.75) is 19.4 Å². The first-order valence-electron chi connectivity index (χ1n) is 8.87. The molecule has 28 heavy (non-hydrogen) atoms. The van der Waals surface area contributed by atoms with E-state index in [9.17, 15) is 14.4 Å². The lowest BCUT2D eigenvalue weighted by Crippen LogP contribution is -2.25. The molecule has 8 heteroatoms. The van der Waals surface area contributed by atoms with Crippen LogP contribution in [-0.2, 0) is 16.1 Å². The van der Waals surface area contributed by atoms with E-state index in [0.29, 0.717) is 36.6 Å². The topological polar surface area (TPSA) is 122 Å². The molecular weight excluding hydrogens is 362 g/mol. The second kappa shape index (κ2) is 8.53. The maximum absolute atomic E-state index is 11.4. The van der Waals surface area contributed by atoms with E-state index in [1.54, 1.807) is 17.0 Å². The molecule has 0 spiro atoms. The number of hydrogen-bond acceptors (Lipinski definition) is 5. The van der Waals surface area contributed by atoms with Gasteiger partial charge in [0.05, 0.1) is 11.3 Å². The smallest absolute Gasteiger partial charge is 0.335 e. The van der Waals surface area contributed by atoms with Gasteiger partial charge in [0.15, 0.2) is 6.61 Å². The minimum Gasteiger partial charge on any atom is -0.482 e. The average Bonchev–Trinajstić information content (AvgIpc) is 3.14. The van der Waals surface area contributed by atoms with Crippen LogP contribution in [0, 0.1) is 0 Å². The third-order valence-corrected chi connectivity index (χ3v) is 4.39. The Balaban J connectivity index is 0.000000162. The Morgan fingerprint density at radius 3 is 2.71 bits per heavy atom. The van der Waals surface area contributed by atoms with Crippen LogP contribution in [0.1, 0.15) is 28.8 Å². The molecule has 2 aliphatic rings. The van der Waals surface area contributed by atoms with Crippen LogP contribution in [-0.4, -0.2) is 36.0 Å². The van der Waals surface area contributed by atoms with Gasteiger partial charge in [0.25, 0.3) is 5.91 Å². The molecule has 2 aliphatic heterocycles. The Hall–Kier alpha value is -3.39. The van der Waals surface area contributed by atoms with E-state index in [4.69, 9.17) is 15.6 Å². The predicted molar refractivity (Wildman–Crippen MR) is 103 cm³/mol. The van der Waals surface area contributed by atoms with Crippen molar-refractivity contribution < 1.29 is 24.2 Å². The quantitative estimate of drug-likeness (QED) is 0.745. The maximum atomic E-state index is 11.4. The molecular formula is C20H21N3O5. The Morgan fingerprint density at radius 1 is 1.21 bits per heavy atom. The Morgan fingerprint density at radius 2 is 2.04 bits per heavy atom. The molecule has 2 aromatic rings. The maximum Gasteiger partial charge on any atom is 0.335 e. The van der Waals surface area contributed by atoms with Crippen molar-refractivity contribution >= 4 is 29.2 Å². The molecule has 0 bridgehead atoms. The van der Waals surface area contributed by atoms with Crippen molar-refractivity contribution in [1.29, 1.82) is 0 Å². The van der Waals surface area contributed by atoms with E-state index in [1.807, 2.05) is 18.2 Å². The van der Waals surface area contributed by atoms with Gasteiger partial charge in [0.1, 0.15) is 5.75 Å². The normalized spacial score (nSPS) is 15.1. The molecule has 2 amide bonds. The SMILES string of the molecule is NCc1ccc2c(c1)NC(=O)CO2.O=C(O)c1cccc(N2CCCC2=O)c1. The number of nitrogens with one attached hydrogen (secondary N) is 1. The molecule has 0 unspecified atom stereocenters. The highest BCUT2D eigenvalue weighted by Crippen LogP contribution is 2.28. The zero-order valence-electron chi connectivity index (χ0n) is 15.2. The fraction of sp³-hybridized carbons (Fsp3) is 0.250. The van der Waals surface area contributed by atoms with E-state index < -0.39 is 5.97 Å². The molecule has 1 saturated heterocycles. The summed E-state index contributed by atoms with van der Waals surface area (Å²) in [4.78, 5) is 34.8. The predicted octanol–water partition coefficient (Wildman–Crippen LogP) is 1.99. The molecule has 0 atom stereocenters. The number of amides is 2. The number of aromatic carboxylic acids is 1. The first-order valence-corrected chi connectivity index (χ1v) is 8.87. The van der Waals surface area contributed by atoms with Gasteiger partial charge in [-0.1, -0.05) is 12.1 Å². The molecule has 0 aliphatic carbocycles. The number of carboxylic acids is 1. The van der Waals surface area contributed by atoms with E-state index in [1.165, 1.54) is 12.1 Å². The first-order chi connectivity index (χ1) is 13.5. The van der Waals surface area contributed by atoms with Crippen molar-refractivity contribution in [3.63, 3.8) is 0 Å². The van der Waals surface area contributed by atoms with Gasteiger partial charge in [0, 0.05) is 25.2 Å². The summed E-state index contributed by atoms with van der Waals surface area (Å²) in [5.74, 6) is -0.320. The standard InChI is InChI=1S/C11H11NO3.C9H10N2O2/c13-10-5-2-6-12(10)9-4-1-3-8(7-9)11(14)15;10-4-6-1-2-8-7(3-6)11-9(12)5-13-8/h1,3-4,7H,2,5-6H2,(H,14,15);1-3H,4-5,10H2,(H,11,12). The number of anilines is 2. The van der Waals surface area contributed by atoms with Crippen molar-refractivity contribution in [3.05, 3.63) is 53.6 Å². The highest BCUT2D eigenvalue weighted by atomic mass is 16.5. The van der Waals surface area contributed by atoms with E-state index in [0.717, 1.165) is 12.0 Å². The number of hydrogen-bond donors (Lipinski definition) is 3. The lowest BCUT2D eigenvalue weighted by Gasteiger charge is -2.18. The van der Waals surface area contributed by atoms with Gasteiger partial charge in [-0.15, -0.1) is 0 Å². The summed E-state index contributed by atoms with van der Waals surface area (Å²) in [6.45, 7) is 1.24. The van der Waals surface area contributed by atoms with Crippen molar-refractivity contribution in [2.24, 2.45) is 5.73 Å². The number of benzene rings is 2. The van der Waals surface area contributed by atoms with E-state index in [2.05, 4.69) is 5.32 Å². The average molecular weight is 383 g/mol. The minimum atomic E-state index is -0.969. The molecule has 0 radical (unpaired) electrons. The fourth-order valence-corrected chi connectivity index (χ4v) is 2.99. The van der Waals surface area contributed by atoms with Gasteiger partial charge in [-0.2, -0.15) is 0 Å². The van der Waals surface area contributed by atoms with Crippen LogP contribution in [0.5, 0.6) is 5.75 Å². The number of nitrogens with two attached hydrogens (primary N) is 1. The highest BCUT2D eigenvalue weighted by molar-refractivity contribution is 5.97. The minimum absolute atomic E-state index is 0.0672. The summed E-state index contributed by atoms with van der Waals surface area (Å²) >= 11 is 0. The Kier molecular flexibility index (Phi) is 5.90. The third kappa shape index (κ3) is 4.47. The van der Waals surface area contributed by atoms with E-state index in [-0.39, 0.29) is 24.0 Å². The summed E-state index contributed by atoms with van der Waals surface area (Å²) in [5.41, 5.74) is 8.04. The Labute approximate surface area is 161 Å². The first kappa shape index (κ1) is 19.4. The summed E-state index contributed by atoms with van der Waals surface area (Å²) in [6.07, 6.45) is 1.40. The molecule has 0 aromatic heterocycles. The number of nitrogens with zero attached hydrogens (tertiary/aromatic N) is 1. The number of fused-ring (bicyclic) bond motifs is 1. The van der Waals surface area contributed by atoms with Gasteiger partial charge in [0.2, 0.25) is 5.91 Å². The lowest BCUT2D eigenvalue weighted by atomic mass is 10.1. The lowest BCUT2D eigenvalue weighted by molar-refractivity contribution is -0.119. The molecule has 2 aromatic carbocycles. The van der Waals surface area contributed by atoms with Crippen molar-refractivity contribution in [2.75, 3.05) is 23.4 Å². The van der Waals surface area contributed by atoms with Crippen LogP contribution in [0.25, 0.3) is 0 Å². The van der Waals surface area contributed by atoms with Gasteiger partial charge in [-0.05, 0) is 42.3 Å². The zero-order valence-corrected chi connectivity index (χ0v) is 15.2. The molecule has 146 valence electrons. The summed E-state index contributed by atoms with van der Waals surface area (Å²) in [7, 11) is 0. The van der Waals surface area contributed by atoms with Crippen molar-refractivity contribution in [3.8, 4) is 5.75 Å². The largest absolute Gasteiger partial charge is 0.482 e. The van der Waals surface area contributed by atoms with Crippen LogP contribution >= 0.6 is 0 Å². The molecule has 4 N–H and O–H groups in total. The Bertz CT molecular complexity index is 912. The van der Waals surface area contributed by atoms with Gasteiger partial charge >= 0.3 is 5.97 Å². The third-order valence-electron chi connectivity index (χ3n) is 4.39. The van der Waals surface area contributed by atoms with Crippen LogP contribution in [0.2, 0.25) is 0 Å². The second-order valence-corrected chi connectivity index (χ2v) is 6.38. The summed E-state index contributed by atoms with van der Waals surface area (Å²) in [5, 5.41) is 11.5. The number of carbonyl (C=O) groups is 3. The summed E-state index contributed by atoms with van der Waals surface area (Å²) < 4.78 is 5.18. The monoisotopic (exact) mass is 383 g/mol. The molecule has 1 fully saturated rings. The number of carbonyl (C=O) groups excluding carboxylic acids is 2. The van der Waals surface area contributed by atoms with Crippen LogP contribution in [0.15, 0.2) is 42.5 Å². The van der Waals surface area contributed by atoms with E-state index >= 15 is 0 Å². The van der Waals surface area contributed by atoms with Gasteiger partial charge in [-0.25, -0.2) is 4.79 Å². The van der Waals surface area contributed by atoms with Crippen LogP contribution < -0.4 is 20.7 Å². The number of ether oxygens (including phenoxy) is 1. The molecule has 0 saturated carbocycles. The van der Waals surface area contributed by atoms with Crippen LogP contribution in [0.4, 0.5) is 11.4 Å². The van der Waals surface area contributed by atoms with Crippen molar-refractivity contribution in [1.82, 2.24) is 0 Å². The number of carboxylic acid groups (broad SMARTS) is 1. The number of rotatable bonds is 3. The molecule has 2 heterocycles. The zero-order chi connectivity index (χ0) is 20.1. The van der Waals surface area contributed by atoms with Crippen LogP contribution in [0.3, 0.4) is 0 Å². The molecule has 8 nitrogen and oxygen atoms in total. The van der Waals surface area contributed by atoms with Gasteiger partial charge < -0.3 is 25.8 Å².